The molecule has 1 aliphatic rings. The summed E-state index contributed by atoms with van der Waals surface area (Å²) in [6.45, 7) is 7.71. The number of hydrogen-bond acceptors (Lipinski definition) is 6. The van der Waals surface area contributed by atoms with Crippen molar-refractivity contribution in [1.29, 1.82) is 0 Å². The number of carbonyl (C=O) groups is 1. The number of hydrogen-bond donors (Lipinski definition) is 1. The first-order valence-electron chi connectivity index (χ1n) is 8.81. The molecule has 0 radical (unpaired) electrons. The summed E-state index contributed by atoms with van der Waals surface area (Å²) in [7, 11) is 0. The summed E-state index contributed by atoms with van der Waals surface area (Å²) in [6.07, 6.45) is 5.00. The van der Waals surface area contributed by atoms with E-state index in [4.69, 9.17) is 16.3 Å². The SMILES string of the molecule is CC(C)(C)OC(=O)N1CCCC(CNc2nc(Cl)cc3nccnc23)C1. The van der Waals surface area contributed by atoms with E-state index >= 15 is 0 Å². The topological polar surface area (TPSA) is 80.2 Å². The highest BCUT2D eigenvalue weighted by atomic mass is 35.5. The number of aromatic nitrogens is 3. The van der Waals surface area contributed by atoms with Crippen molar-refractivity contribution in [1.82, 2.24) is 19.9 Å². The fraction of sp³-hybridized carbons (Fsp3) is 0.556. The van der Waals surface area contributed by atoms with E-state index in [9.17, 15) is 4.79 Å². The molecule has 1 aliphatic heterocycles. The molecule has 2 aromatic heterocycles. The molecule has 0 aromatic carbocycles. The first kappa shape index (κ1) is 18.6. The van der Waals surface area contributed by atoms with E-state index < -0.39 is 5.60 Å². The van der Waals surface area contributed by atoms with Crippen LogP contribution in [0.15, 0.2) is 18.5 Å². The van der Waals surface area contributed by atoms with Crippen LogP contribution >= 0.6 is 11.6 Å². The number of amides is 1. The summed E-state index contributed by atoms with van der Waals surface area (Å²) in [5, 5.41) is 3.70. The third kappa shape index (κ3) is 4.72. The molecule has 7 nitrogen and oxygen atoms in total. The minimum atomic E-state index is -0.482. The maximum Gasteiger partial charge on any atom is 0.410 e. The number of carbonyl (C=O) groups excluding carboxylic acids is 1. The molecule has 1 atom stereocenters. The maximum absolute atomic E-state index is 12.3. The van der Waals surface area contributed by atoms with Gasteiger partial charge in [-0.3, -0.25) is 4.98 Å². The van der Waals surface area contributed by atoms with Crippen LogP contribution in [0.3, 0.4) is 0 Å². The summed E-state index contributed by atoms with van der Waals surface area (Å²) in [4.78, 5) is 27.0. The average molecular weight is 378 g/mol. The molecule has 1 saturated heterocycles. The second kappa shape index (κ2) is 7.61. The number of rotatable bonds is 3. The highest BCUT2D eigenvalue weighted by Crippen LogP contribution is 2.23. The summed E-state index contributed by atoms with van der Waals surface area (Å²) >= 11 is 6.08. The van der Waals surface area contributed by atoms with Gasteiger partial charge in [-0.1, -0.05) is 11.6 Å². The molecule has 0 bridgehead atoms. The quantitative estimate of drug-likeness (QED) is 0.821. The number of fused-ring (bicyclic) bond motifs is 1. The molecule has 1 N–H and O–H groups in total. The largest absolute Gasteiger partial charge is 0.444 e. The lowest BCUT2D eigenvalue weighted by molar-refractivity contribution is 0.0172. The summed E-state index contributed by atoms with van der Waals surface area (Å²) in [5.74, 6) is 0.929. The van der Waals surface area contributed by atoms with Crippen molar-refractivity contribution in [2.75, 3.05) is 25.0 Å². The Bertz CT molecular complexity index is 793. The molecule has 3 rings (SSSR count). The smallest absolute Gasteiger partial charge is 0.410 e. The fourth-order valence-electron chi connectivity index (χ4n) is 3.03. The van der Waals surface area contributed by atoms with Crippen molar-refractivity contribution in [3.8, 4) is 0 Å². The van der Waals surface area contributed by atoms with Crippen molar-refractivity contribution in [3.63, 3.8) is 0 Å². The Morgan fingerprint density at radius 2 is 2.15 bits per heavy atom. The predicted molar refractivity (Wildman–Crippen MR) is 101 cm³/mol. The molecular formula is C18H24ClN5O2. The van der Waals surface area contributed by atoms with Crippen LogP contribution in [0.1, 0.15) is 33.6 Å². The van der Waals surface area contributed by atoms with Gasteiger partial charge in [0.05, 0.1) is 5.52 Å². The number of ether oxygens (including phenoxy) is 1. The lowest BCUT2D eigenvalue weighted by Crippen LogP contribution is -2.44. The Labute approximate surface area is 158 Å². The van der Waals surface area contributed by atoms with E-state index in [2.05, 4.69) is 20.3 Å². The average Bonchev–Trinajstić information content (AvgIpc) is 2.58. The summed E-state index contributed by atoms with van der Waals surface area (Å²) in [5.41, 5.74) is 0.913. The minimum absolute atomic E-state index is 0.251. The van der Waals surface area contributed by atoms with Crippen molar-refractivity contribution >= 4 is 34.5 Å². The summed E-state index contributed by atoms with van der Waals surface area (Å²) < 4.78 is 5.48. The molecule has 3 heterocycles. The normalized spacial score (nSPS) is 18.0. The van der Waals surface area contributed by atoms with Gasteiger partial charge in [-0.05, 0) is 39.5 Å². The molecule has 0 saturated carbocycles. The van der Waals surface area contributed by atoms with Gasteiger partial charge in [-0.25, -0.2) is 14.8 Å². The molecule has 140 valence electrons. The number of piperidine rings is 1. The Morgan fingerprint density at radius 1 is 1.38 bits per heavy atom. The zero-order valence-electron chi connectivity index (χ0n) is 15.3. The molecule has 1 amide bonds. The van der Waals surface area contributed by atoms with E-state index in [0.717, 1.165) is 19.4 Å². The van der Waals surface area contributed by atoms with Crippen molar-refractivity contribution < 1.29 is 9.53 Å². The van der Waals surface area contributed by atoms with Crippen LogP contribution in [-0.4, -0.2) is 51.2 Å². The highest BCUT2D eigenvalue weighted by molar-refractivity contribution is 6.30. The van der Waals surface area contributed by atoms with Crippen LogP contribution in [0, 0.1) is 5.92 Å². The first-order valence-corrected chi connectivity index (χ1v) is 9.19. The maximum atomic E-state index is 12.3. The lowest BCUT2D eigenvalue weighted by atomic mass is 9.98. The lowest BCUT2D eigenvalue weighted by Gasteiger charge is -2.34. The Hall–Kier alpha value is -2.15. The van der Waals surface area contributed by atoms with Gasteiger partial charge >= 0.3 is 6.09 Å². The van der Waals surface area contributed by atoms with Crippen LogP contribution < -0.4 is 5.32 Å². The highest BCUT2D eigenvalue weighted by Gasteiger charge is 2.27. The van der Waals surface area contributed by atoms with Crippen LogP contribution in [-0.2, 0) is 4.74 Å². The van der Waals surface area contributed by atoms with Gasteiger partial charge in [0.15, 0.2) is 5.82 Å². The number of nitrogens with zero attached hydrogens (tertiary/aromatic N) is 4. The van der Waals surface area contributed by atoms with Crippen LogP contribution in [0.4, 0.5) is 10.6 Å². The minimum Gasteiger partial charge on any atom is -0.444 e. The van der Waals surface area contributed by atoms with E-state index in [1.54, 1.807) is 23.4 Å². The van der Waals surface area contributed by atoms with Crippen LogP contribution in [0.2, 0.25) is 5.15 Å². The fourth-order valence-corrected chi connectivity index (χ4v) is 3.22. The molecule has 1 fully saturated rings. The zero-order chi connectivity index (χ0) is 18.7. The summed E-state index contributed by atoms with van der Waals surface area (Å²) in [6, 6.07) is 1.69. The third-order valence-corrected chi connectivity index (χ3v) is 4.35. The Balaban J connectivity index is 1.64. The van der Waals surface area contributed by atoms with Gasteiger partial charge in [0.2, 0.25) is 0 Å². The standard InChI is InChI=1S/C18H24ClN5O2/c1-18(2,3)26-17(25)24-8-4-5-12(11-24)10-22-16-15-13(9-14(19)23-16)20-6-7-21-15/h6-7,9,12H,4-5,8,10-11H2,1-3H3,(H,22,23). The predicted octanol–water partition coefficient (Wildman–Crippen LogP) is 3.74. The second-order valence-corrected chi connectivity index (χ2v) is 7.92. The Kier molecular flexibility index (Phi) is 5.46. The monoisotopic (exact) mass is 377 g/mol. The molecule has 0 aliphatic carbocycles. The van der Waals surface area contributed by atoms with E-state index in [1.807, 2.05) is 20.8 Å². The van der Waals surface area contributed by atoms with Crippen LogP contribution in [0.25, 0.3) is 11.0 Å². The van der Waals surface area contributed by atoms with Crippen molar-refractivity contribution in [3.05, 3.63) is 23.6 Å². The molecular weight excluding hydrogens is 354 g/mol. The molecule has 0 spiro atoms. The van der Waals surface area contributed by atoms with Gasteiger partial charge in [-0.2, -0.15) is 0 Å². The zero-order valence-corrected chi connectivity index (χ0v) is 16.1. The van der Waals surface area contributed by atoms with Crippen LogP contribution in [0.5, 0.6) is 0 Å². The van der Waals surface area contributed by atoms with E-state index in [1.165, 1.54) is 0 Å². The molecule has 26 heavy (non-hydrogen) atoms. The third-order valence-electron chi connectivity index (χ3n) is 4.15. The number of halogens is 1. The van der Waals surface area contributed by atoms with Gasteiger partial charge in [0.1, 0.15) is 16.3 Å². The number of anilines is 1. The van der Waals surface area contributed by atoms with Crippen molar-refractivity contribution in [2.45, 2.75) is 39.2 Å². The number of likely N-dealkylation sites (tertiary alicyclic amines) is 1. The molecule has 8 heteroatoms. The number of nitrogens with one attached hydrogen (secondary N) is 1. The molecule has 2 aromatic rings. The van der Waals surface area contributed by atoms with E-state index in [0.29, 0.717) is 41.0 Å². The van der Waals surface area contributed by atoms with Gasteiger partial charge in [0, 0.05) is 38.1 Å². The second-order valence-electron chi connectivity index (χ2n) is 7.53. The van der Waals surface area contributed by atoms with Gasteiger partial charge in [-0.15, -0.1) is 0 Å². The van der Waals surface area contributed by atoms with E-state index in [-0.39, 0.29) is 6.09 Å². The number of pyridine rings is 1. The van der Waals surface area contributed by atoms with Crippen molar-refractivity contribution in [2.24, 2.45) is 5.92 Å². The Morgan fingerprint density at radius 3 is 2.92 bits per heavy atom. The first-order chi connectivity index (χ1) is 12.3. The van der Waals surface area contributed by atoms with Gasteiger partial charge < -0.3 is 15.0 Å². The van der Waals surface area contributed by atoms with Gasteiger partial charge in [0.25, 0.3) is 0 Å². The molecule has 1 unspecified atom stereocenters.